The Morgan fingerprint density at radius 3 is 2.73 bits per heavy atom. The van der Waals surface area contributed by atoms with Crippen LogP contribution < -0.4 is 15.4 Å². The minimum atomic E-state index is 0. The number of aromatic nitrogens is 1. The largest absolute Gasteiger partial charge is 0.473 e. The van der Waals surface area contributed by atoms with E-state index in [-0.39, 0.29) is 24.0 Å². The maximum absolute atomic E-state index is 5.95. The average molecular weight is 569 g/mol. The number of nitrogens with zero attached hydrogens (tertiary/aromatic N) is 2. The molecule has 3 rings (SSSR count). The SMILES string of the molecule is CCNC(=NCc1cccnc1OCc1ccccc1)NCCCOCC1CCOCC1.I. The highest BCUT2D eigenvalue weighted by Gasteiger charge is 2.13. The van der Waals surface area contributed by atoms with Gasteiger partial charge in [0.2, 0.25) is 5.88 Å². The van der Waals surface area contributed by atoms with Gasteiger partial charge in [0.15, 0.2) is 5.96 Å². The van der Waals surface area contributed by atoms with Crippen molar-refractivity contribution >= 4 is 29.9 Å². The predicted octanol–water partition coefficient (Wildman–Crippen LogP) is 4.17. The van der Waals surface area contributed by atoms with Crippen LogP contribution >= 0.6 is 24.0 Å². The first kappa shape index (κ1) is 27.3. The molecule has 182 valence electrons. The van der Waals surface area contributed by atoms with Crippen molar-refractivity contribution in [2.75, 3.05) is 39.5 Å². The van der Waals surface area contributed by atoms with Gasteiger partial charge in [-0.05, 0) is 43.7 Å². The minimum absolute atomic E-state index is 0. The molecule has 0 saturated carbocycles. The van der Waals surface area contributed by atoms with E-state index >= 15 is 0 Å². The van der Waals surface area contributed by atoms with Gasteiger partial charge in [0.1, 0.15) is 6.61 Å². The van der Waals surface area contributed by atoms with Crippen molar-refractivity contribution in [2.24, 2.45) is 10.9 Å². The lowest BCUT2D eigenvalue weighted by Crippen LogP contribution is -2.38. The Labute approximate surface area is 214 Å². The number of hydrogen-bond donors (Lipinski definition) is 2. The minimum Gasteiger partial charge on any atom is -0.473 e. The fourth-order valence-electron chi connectivity index (χ4n) is 3.45. The molecule has 1 aromatic heterocycles. The lowest BCUT2D eigenvalue weighted by molar-refractivity contribution is 0.0203. The zero-order chi connectivity index (χ0) is 22.3. The van der Waals surface area contributed by atoms with Crippen LogP contribution in [0.5, 0.6) is 5.88 Å². The molecule has 0 aliphatic carbocycles. The molecule has 1 saturated heterocycles. The highest BCUT2D eigenvalue weighted by Crippen LogP contribution is 2.17. The quantitative estimate of drug-likeness (QED) is 0.173. The summed E-state index contributed by atoms with van der Waals surface area (Å²) in [6.45, 7) is 7.98. The molecule has 2 aromatic rings. The van der Waals surface area contributed by atoms with E-state index in [4.69, 9.17) is 19.2 Å². The molecule has 0 spiro atoms. The zero-order valence-electron chi connectivity index (χ0n) is 19.5. The summed E-state index contributed by atoms with van der Waals surface area (Å²) in [5, 5.41) is 6.68. The summed E-state index contributed by atoms with van der Waals surface area (Å²) in [5.74, 6) is 2.06. The molecule has 8 heteroatoms. The molecule has 0 unspecified atom stereocenters. The Balaban J connectivity index is 0.00000385. The first-order chi connectivity index (χ1) is 15.8. The molecule has 0 bridgehead atoms. The predicted molar refractivity (Wildman–Crippen MR) is 142 cm³/mol. The third-order valence-electron chi connectivity index (χ3n) is 5.27. The fourth-order valence-corrected chi connectivity index (χ4v) is 3.45. The number of rotatable bonds is 12. The first-order valence-electron chi connectivity index (χ1n) is 11.6. The molecule has 0 amide bonds. The molecular formula is C25H37IN4O3. The smallest absolute Gasteiger partial charge is 0.218 e. The van der Waals surface area contributed by atoms with Gasteiger partial charge < -0.3 is 24.8 Å². The number of guanidine groups is 1. The van der Waals surface area contributed by atoms with Gasteiger partial charge in [-0.2, -0.15) is 0 Å². The summed E-state index contributed by atoms with van der Waals surface area (Å²) < 4.78 is 17.2. The summed E-state index contributed by atoms with van der Waals surface area (Å²) in [4.78, 5) is 9.11. The summed E-state index contributed by atoms with van der Waals surface area (Å²) in [6, 6.07) is 14.0. The standard InChI is InChI=1S/C25H36N4O3.HI/c1-2-26-25(28-14-7-15-31-19-22-11-16-30-17-12-22)29-18-23-10-6-13-27-24(23)32-20-21-8-4-3-5-9-21;/h3-6,8-10,13,22H,2,7,11-12,14-20H2,1H3,(H2,26,28,29);1H. The van der Waals surface area contributed by atoms with Crippen LogP contribution in [0.3, 0.4) is 0 Å². The molecular weight excluding hydrogens is 531 g/mol. The number of ether oxygens (including phenoxy) is 3. The Hall–Kier alpha value is -1.91. The molecule has 1 fully saturated rings. The lowest BCUT2D eigenvalue weighted by atomic mass is 10.0. The van der Waals surface area contributed by atoms with Crippen molar-refractivity contribution in [3.05, 3.63) is 59.8 Å². The number of aliphatic imine (C=N–C) groups is 1. The van der Waals surface area contributed by atoms with Gasteiger partial charge in [0.05, 0.1) is 6.54 Å². The third-order valence-corrected chi connectivity index (χ3v) is 5.27. The number of pyridine rings is 1. The van der Waals surface area contributed by atoms with Gasteiger partial charge in [-0.3, -0.25) is 0 Å². The Bertz CT molecular complexity index is 801. The Morgan fingerprint density at radius 2 is 1.94 bits per heavy atom. The van der Waals surface area contributed by atoms with Gasteiger partial charge in [-0.1, -0.05) is 36.4 Å². The van der Waals surface area contributed by atoms with Crippen molar-refractivity contribution < 1.29 is 14.2 Å². The Kier molecular flexibility index (Phi) is 13.8. The van der Waals surface area contributed by atoms with Gasteiger partial charge in [-0.25, -0.2) is 9.98 Å². The van der Waals surface area contributed by atoms with Gasteiger partial charge >= 0.3 is 0 Å². The second kappa shape index (κ2) is 16.7. The van der Waals surface area contributed by atoms with Crippen molar-refractivity contribution in [1.29, 1.82) is 0 Å². The molecule has 1 aliphatic heterocycles. The van der Waals surface area contributed by atoms with Crippen LogP contribution in [-0.4, -0.2) is 50.5 Å². The summed E-state index contributed by atoms with van der Waals surface area (Å²) >= 11 is 0. The highest BCUT2D eigenvalue weighted by molar-refractivity contribution is 14.0. The second-order valence-electron chi connectivity index (χ2n) is 7.85. The normalized spacial score (nSPS) is 14.4. The van der Waals surface area contributed by atoms with E-state index in [0.29, 0.717) is 24.9 Å². The van der Waals surface area contributed by atoms with Crippen LogP contribution in [-0.2, 0) is 22.6 Å². The van der Waals surface area contributed by atoms with E-state index in [1.54, 1.807) is 6.20 Å². The van der Waals surface area contributed by atoms with Gasteiger partial charge in [0, 0.05) is 51.3 Å². The van der Waals surface area contributed by atoms with Gasteiger partial charge in [0.25, 0.3) is 0 Å². The topological polar surface area (TPSA) is 77.0 Å². The molecule has 2 N–H and O–H groups in total. The molecule has 2 heterocycles. The van der Waals surface area contributed by atoms with Crippen LogP contribution in [0, 0.1) is 5.92 Å². The third kappa shape index (κ3) is 10.7. The molecule has 33 heavy (non-hydrogen) atoms. The zero-order valence-corrected chi connectivity index (χ0v) is 21.8. The van der Waals surface area contributed by atoms with Crippen LogP contribution in [0.15, 0.2) is 53.7 Å². The van der Waals surface area contributed by atoms with E-state index in [0.717, 1.165) is 75.9 Å². The van der Waals surface area contributed by atoms with Crippen molar-refractivity contribution in [1.82, 2.24) is 15.6 Å². The van der Waals surface area contributed by atoms with Crippen LogP contribution in [0.4, 0.5) is 0 Å². The second-order valence-corrected chi connectivity index (χ2v) is 7.85. The molecule has 1 aliphatic rings. The molecule has 7 nitrogen and oxygen atoms in total. The fraction of sp³-hybridized carbons (Fsp3) is 0.520. The number of hydrogen-bond acceptors (Lipinski definition) is 5. The van der Waals surface area contributed by atoms with E-state index in [1.165, 1.54) is 0 Å². The number of nitrogens with one attached hydrogen (secondary N) is 2. The number of halogens is 1. The van der Waals surface area contributed by atoms with Crippen LogP contribution in [0.25, 0.3) is 0 Å². The molecule has 1 aromatic carbocycles. The molecule has 0 atom stereocenters. The Morgan fingerprint density at radius 1 is 1.12 bits per heavy atom. The highest BCUT2D eigenvalue weighted by atomic mass is 127. The first-order valence-corrected chi connectivity index (χ1v) is 11.6. The van der Waals surface area contributed by atoms with Crippen LogP contribution in [0.2, 0.25) is 0 Å². The average Bonchev–Trinajstić information content (AvgIpc) is 2.85. The lowest BCUT2D eigenvalue weighted by Gasteiger charge is -2.21. The van der Waals surface area contributed by atoms with E-state index in [9.17, 15) is 0 Å². The summed E-state index contributed by atoms with van der Waals surface area (Å²) in [6.07, 6.45) is 4.91. The van der Waals surface area contributed by atoms with E-state index < -0.39 is 0 Å². The summed E-state index contributed by atoms with van der Waals surface area (Å²) in [5.41, 5.74) is 2.07. The maximum Gasteiger partial charge on any atom is 0.218 e. The van der Waals surface area contributed by atoms with Crippen molar-refractivity contribution in [2.45, 2.75) is 39.3 Å². The molecule has 0 radical (unpaired) electrons. The summed E-state index contributed by atoms with van der Waals surface area (Å²) in [7, 11) is 0. The van der Waals surface area contributed by atoms with Gasteiger partial charge in [-0.15, -0.1) is 24.0 Å². The monoisotopic (exact) mass is 568 g/mol. The van der Waals surface area contributed by atoms with Crippen molar-refractivity contribution in [3.8, 4) is 5.88 Å². The van der Waals surface area contributed by atoms with E-state index in [2.05, 4.69) is 22.5 Å². The van der Waals surface area contributed by atoms with E-state index in [1.807, 2.05) is 42.5 Å². The van der Waals surface area contributed by atoms with Crippen molar-refractivity contribution in [3.63, 3.8) is 0 Å². The number of benzene rings is 1. The maximum atomic E-state index is 5.95. The van der Waals surface area contributed by atoms with Crippen LogP contribution in [0.1, 0.15) is 37.3 Å².